The van der Waals surface area contributed by atoms with E-state index in [4.69, 9.17) is 21.7 Å². The third-order valence-electron chi connectivity index (χ3n) is 9.77. The third kappa shape index (κ3) is 6.71. The van der Waals surface area contributed by atoms with E-state index in [-0.39, 0.29) is 11.7 Å². The molecule has 7 rings (SSSR count). The molecule has 1 amide bonds. The van der Waals surface area contributed by atoms with E-state index in [2.05, 4.69) is 15.2 Å². The zero-order chi connectivity index (χ0) is 33.6. The molecule has 0 bridgehead atoms. The summed E-state index contributed by atoms with van der Waals surface area (Å²) >= 11 is 8.37. The van der Waals surface area contributed by atoms with E-state index < -0.39 is 10.0 Å². The molecule has 48 heavy (non-hydrogen) atoms. The number of aryl methyl sites for hydroxylation is 1. The molecule has 0 radical (unpaired) electrons. The summed E-state index contributed by atoms with van der Waals surface area (Å²) in [7, 11) is -3.14. The molecule has 2 aliphatic carbocycles. The molecule has 1 aliphatic heterocycles. The molecule has 0 spiro atoms. The number of hydrogen-bond donors (Lipinski definition) is 1. The highest BCUT2D eigenvalue weighted by molar-refractivity contribution is 7.88. The van der Waals surface area contributed by atoms with Crippen molar-refractivity contribution in [2.24, 2.45) is 5.92 Å². The molecule has 0 atom stereocenters. The predicted molar refractivity (Wildman–Crippen MR) is 187 cm³/mol. The van der Waals surface area contributed by atoms with Gasteiger partial charge in [-0.15, -0.1) is 0 Å². The standard InChI is InChI=1S/C34H38ClN7O4S2/c1-21(43)37-34-38-28-11-10-26-31(24-4-3-13-36-20-24)39-42(32(26)33(28)47-34)29-12-7-23(19-27(29)35)30(44)18-22-5-8-25(9-6-22)40-14-16-41(17-15-40)48(2,45)46/h3-4,7,12-13,19-20,22,25H,5-6,8-11,14-18H2,1-2H3,(H,37,38,43). The van der Waals surface area contributed by atoms with E-state index in [0.29, 0.717) is 52.9 Å². The largest absolute Gasteiger partial charge is 0.302 e. The molecule has 1 saturated carbocycles. The first kappa shape index (κ1) is 33.0. The summed E-state index contributed by atoms with van der Waals surface area (Å²) in [4.78, 5) is 37.7. The van der Waals surface area contributed by atoms with Crippen LogP contribution in [0.5, 0.6) is 0 Å². The number of fused-ring (bicyclic) bond motifs is 3. The van der Waals surface area contributed by atoms with Crippen molar-refractivity contribution >= 4 is 49.8 Å². The lowest BCUT2D eigenvalue weighted by Gasteiger charge is -2.41. The van der Waals surface area contributed by atoms with Crippen LogP contribution in [0.3, 0.4) is 0 Å². The number of benzene rings is 1. The van der Waals surface area contributed by atoms with E-state index in [9.17, 15) is 18.0 Å². The van der Waals surface area contributed by atoms with Crippen LogP contribution in [0.15, 0.2) is 42.7 Å². The summed E-state index contributed by atoms with van der Waals surface area (Å²) < 4.78 is 27.2. The van der Waals surface area contributed by atoms with Gasteiger partial charge in [-0.05, 0) is 74.8 Å². The first-order chi connectivity index (χ1) is 23.0. The molecule has 4 heterocycles. The second kappa shape index (κ2) is 13.4. The van der Waals surface area contributed by atoms with Crippen molar-refractivity contribution in [3.05, 3.63) is 64.6 Å². The van der Waals surface area contributed by atoms with Crippen molar-refractivity contribution in [2.75, 3.05) is 37.8 Å². The van der Waals surface area contributed by atoms with Gasteiger partial charge in [-0.25, -0.2) is 18.1 Å². The first-order valence-corrected chi connectivity index (χ1v) is 19.4. The number of halogens is 1. The third-order valence-corrected chi connectivity index (χ3v) is 12.4. The number of hydrogen-bond acceptors (Lipinski definition) is 9. The summed E-state index contributed by atoms with van der Waals surface area (Å²) in [6, 6.07) is 9.78. The van der Waals surface area contributed by atoms with Gasteiger partial charge in [0.2, 0.25) is 15.9 Å². The maximum absolute atomic E-state index is 13.5. The average molecular weight is 708 g/mol. The summed E-state index contributed by atoms with van der Waals surface area (Å²) in [6.07, 6.45) is 10.7. The lowest BCUT2D eigenvalue weighted by atomic mass is 9.81. The number of aromatic nitrogens is 4. The number of sulfonamides is 1. The highest BCUT2D eigenvalue weighted by Crippen LogP contribution is 2.45. The van der Waals surface area contributed by atoms with Crippen molar-refractivity contribution in [3.63, 3.8) is 0 Å². The Morgan fingerprint density at radius 3 is 2.50 bits per heavy atom. The molecule has 4 aromatic rings. The van der Waals surface area contributed by atoms with Crippen LogP contribution < -0.4 is 5.32 Å². The molecule has 1 N–H and O–H groups in total. The van der Waals surface area contributed by atoms with Crippen LogP contribution in [-0.2, 0) is 27.7 Å². The van der Waals surface area contributed by atoms with Gasteiger partial charge >= 0.3 is 0 Å². The fourth-order valence-corrected chi connectivity index (χ4v) is 9.53. The van der Waals surface area contributed by atoms with Crippen LogP contribution in [0.1, 0.15) is 60.6 Å². The lowest BCUT2D eigenvalue weighted by Crippen LogP contribution is -2.52. The van der Waals surface area contributed by atoms with Crippen LogP contribution in [0, 0.1) is 5.92 Å². The summed E-state index contributed by atoms with van der Waals surface area (Å²) in [5.74, 6) is 0.219. The molecular formula is C34H38ClN7O4S2. The van der Waals surface area contributed by atoms with Gasteiger partial charge in [-0.2, -0.15) is 9.40 Å². The molecule has 11 nitrogen and oxygen atoms in total. The number of carbonyl (C=O) groups is 2. The second-order valence-electron chi connectivity index (χ2n) is 13.0. The Morgan fingerprint density at radius 2 is 1.83 bits per heavy atom. The van der Waals surface area contributed by atoms with Crippen LogP contribution in [0.2, 0.25) is 5.02 Å². The van der Waals surface area contributed by atoms with Gasteiger partial charge in [0, 0.05) is 74.6 Å². The first-order valence-electron chi connectivity index (χ1n) is 16.4. The predicted octanol–water partition coefficient (Wildman–Crippen LogP) is 5.48. The quantitative estimate of drug-likeness (QED) is 0.239. The van der Waals surface area contributed by atoms with Gasteiger partial charge in [0.1, 0.15) is 0 Å². The van der Waals surface area contributed by atoms with Crippen molar-refractivity contribution in [3.8, 4) is 27.5 Å². The van der Waals surface area contributed by atoms with E-state index in [1.54, 1.807) is 22.8 Å². The van der Waals surface area contributed by atoms with Gasteiger partial charge in [-0.3, -0.25) is 19.5 Å². The Labute approximate surface area is 289 Å². The molecule has 14 heteroatoms. The zero-order valence-electron chi connectivity index (χ0n) is 27.0. The Bertz CT molecular complexity index is 1960. The minimum absolute atomic E-state index is 0.0805. The van der Waals surface area contributed by atoms with Gasteiger partial charge in [0.25, 0.3) is 0 Å². The Balaban J connectivity index is 1.08. The summed E-state index contributed by atoms with van der Waals surface area (Å²) in [5.41, 5.74) is 5.83. The van der Waals surface area contributed by atoms with E-state index in [0.717, 1.165) is 84.7 Å². The van der Waals surface area contributed by atoms with E-state index in [1.165, 1.54) is 24.5 Å². The van der Waals surface area contributed by atoms with Crippen LogP contribution in [-0.4, -0.2) is 87.5 Å². The minimum atomic E-state index is -3.14. The van der Waals surface area contributed by atoms with Crippen LogP contribution >= 0.6 is 22.9 Å². The molecular weight excluding hydrogens is 670 g/mol. The molecule has 2 fully saturated rings. The highest BCUT2D eigenvalue weighted by Gasteiger charge is 2.33. The maximum Gasteiger partial charge on any atom is 0.223 e. The van der Waals surface area contributed by atoms with Gasteiger partial charge in [-0.1, -0.05) is 22.9 Å². The number of thiazole rings is 1. The number of Topliss-reactive ketones (excluding diaryl/α,β-unsaturated/α-hetero) is 1. The molecule has 3 aromatic heterocycles. The molecule has 1 aromatic carbocycles. The number of rotatable bonds is 8. The van der Waals surface area contributed by atoms with Crippen molar-refractivity contribution in [1.29, 1.82) is 0 Å². The van der Waals surface area contributed by atoms with Crippen molar-refractivity contribution < 1.29 is 18.0 Å². The monoisotopic (exact) mass is 707 g/mol. The normalized spacial score (nSPS) is 20.2. The molecule has 0 unspecified atom stereocenters. The van der Waals surface area contributed by atoms with Crippen LogP contribution in [0.4, 0.5) is 5.13 Å². The number of piperazine rings is 1. The fourth-order valence-electron chi connectivity index (χ4n) is 7.33. The Kier molecular flexibility index (Phi) is 9.24. The second-order valence-corrected chi connectivity index (χ2v) is 16.4. The van der Waals surface area contributed by atoms with Crippen molar-refractivity contribution in [1.82, 2.24) is 29.0 Å². The van der Waals surface area contributed by atoms with Gasteiger partial charge in [0.05, 0.1) is 38.9 Å². The molecule has 252 valence electrons. The average Bonchev–Trinajstić information content (AvgIpc) is 3.66. The number of anilines is 1. The SMILES string of the molecule is CC(=O)Nc1nc2c(s1)-c1c(c(-c3cccnc3)nn1-c1ccc(C(=O)CC3CCC(N4CCN(S(C)(=O)=O)CC4)CC3)cc1Cl)CC2. The number of pyridine rings is 1. The number of nitrogens with zero attached hydrogens (tertiary/aromatic N) is 6. The number of carbonyl (C=O) groups excluding carboxylic acids is 2. The summed E-state index contributed by atoms with van der Waals surface area (Å²) in [5, 5.41) is 8.85. The van der Waals surface area contributed by atoms with Gasteiger partial charge < -0.3 is 5.32 Å². The van der Waals surface area contributed by atoms with E-state index in [1.807, 2.05) is 28.9 Å². The molecule has 3 aliphatic rings. The maximum atomic E-state index is 13.5. The smallest absolute Gasteiger partial charge is 0.223 e. The van der Waals surface area contributed by atoms with E-state index >= 15 is 0 Å². The molecule has 1 saturated heterocycles. The minimum Gasteiger partial charge on any atom is -0.302 e. The topological polar surface area (TPSA) is 130 Å². The van der Waals surface area contributed by atoms with Gasteiger partial charge in [0.15, 0.2) is 10.9 Å². The number of nitrogens with one attached hydrogen (secondary N) is 1. The fraction of sp³-hybridized carbons (Fsp3) is 0.441. The summed E-state index contributed by atoms with van der Waals surface area (Å²) in [6.45, 7) is 4.08. The van der Waals surface area contributed by atoms with Crippen LogP contribution in [0.25, 0.3) is 27.5 Å². The van der Waals surface area contributed by atoms with Crippen molar-refractivity contribution in [2.45, 2.75) is 57.9 Å². The Morgan fingerprint density at radius 1 is 1.06 bits per heavy atom. The Hall–Kier alpha value is -3.49. The lowest BCUT2D eigenvalue weighted by molar-refractivity contribution is -0.114. The zero-order valence-corrected chi connectivity index (χ0v) is 29.4. The number of ketones is 1. The number of amides is 1. The highest BCUT2D eigenvalue weighted by atomic mass is 35.5.